The van der Waals surface area contributed by atoms with Gasteiger partial charge in [-0.3, -0.25) is 0 Å². The minimum Gasteiger partial charge on any atom is -0.368 e. The van der Waals surface area contributed by atoms with Gasteiger partial charge in [-0.15, -0.1) is 0 Å². The number of likely N-dealkylation sites (N-methyl/N-ethyl adjacent to an activating group) is 1. The molecule has 18 heavy (non-hydrogen) atoms. The van der Waals surface area contributed by atoms with Crippen molar-refractivity contribution >= 4 is 22.9 Å². The standard InChI is InChI=1S/C11H17N7/c1-17(2)7-3-4-18(5-7)10-8-9(14-6-13-8)15-11(12)16-10/h6-7H,3-5H2,1-2H3,(H3,12,13,14,15,16). The van der Waals surface area contributed by atoms with Crippen LogP contribution in [0.5, 0.6) is 0 Å². The predicted octanol–water partition coefficient (Wildman–Crippen LogP) is 0.0754. The van der Waals surface area contributed by atoms with E-state index < -0.39 is 0 Å². The maximum atomic E-state index is 5.73. The van der Waals surface area contributed by atoms with Crippen molar-refractivity contribution in [2.24, 2.45) is 0 Å². The average molecular weight is 247 g/mol. The van der Waals surface area contributed by atoms with Crippen LogP contribution in [0.4, 0.5) is 11.8 Å². The highest BCUT2D eigenvalue weighted by molar-refractivity contribution is 5.84. The smallest absolute Gasteiger partial charge is 0.224 e. The second kappa shape index (κ2) is 4.09. The molecule has 1 aliphatic rings. The third kappa shape index (κ3) is 1.76. The Hall–Kier alpha value is -1.89. The van der Waals surface area contributed by atoms with Crippen molar-refractivity contribution in [1.82, 2.24) is 24.8 Å². The van der Waals surface area contributed by atoms with E-state index in [2.05, 4.69) is 43.8 Å². The number of aromatic amines is 1. The normalized spacial score (nSPS) is 20.2. The Morgan fingerprint density at radius 2 is 2.28 bits per heavy atom. The lowest BCUT2D eigenvalue weighted by molar-refractivity contribution is 0.315. The van der Waals surface area contributed by atoms with Gasteiger partial charge < -0.3 is 20.5 Å². The van der Waals surface area contributed by atoms with Crippen molar-refractivity contribution in [1.29, 1.82) is 0 Å². The van der Waals surface area contributed by atoms with E-state index in [1.807, 2.05) is 0 Å². The highest BCUT2D eigenvalue weighted by Gasteiger charge is 2.27. The first-order valence-electron chi connectivity index (χ1n) is 6.03. The van der Waals surface area contributed by atoms with Gasteiger partial charge in [-0.25, -0.2) is 4.98 Å². The Bertz CT molecular complexity index is 562. The molecule has 2 aromatic heterocycles. The Morgan fingerprint density at radius 3 is 3.00 bits per heavy atom. The highest BCUT2D eigenvalue weighted by atomic mass is 15.3. The number of hydrogen-bond acceptors (Lipinski definition) is 6. The van der Waals surface area contributed by atoms with Crippen LogP contribution in [0, 0.1) is 0 Å². The number of rotatable bonds is 2. The fraction of sp³-hybridized carbons (Fsp3) is 0.545. The summed E-state index contributed by atoms with van der Waals surface area (Å²) in [5, 5.41) is 0. The number of anilines is 2. The van der Waals surface area contributed by atoms with E-state index in [0.717, 1.165) is 30.8 Å². The number of imidazole rings is 1. The molecule has 0 spiro atoms. The average Bonchev–Trinajstić information content (AvgIpc) is 2.95. The molecule has 0 radical (unpaired) electrons. The largest absolute Gasteiger partial charge is 0.368 e. The van der Waals surface area contributed by atoms with Crippen LogP contribution in [0.15, 0.2) is 6.33 Å². The van der Waals surface area contributed by atoms with Crippen molar-refractivity contribution in [2.75, 3.05) is 37.8 Å². The second-order valence-corrected chi connectivity index (χ2v) is 4.86. The minimum atomic E-state index is 0.276. The highest BCUT2D eigenvalue weighted by Crippen LogP contribution is 2.26. The molecule has 3 N–H and O–H groups in total. The maximum absolute atomic E-state index is 5.73. The molecule has 7 heteroatoms. The minimum absolute atomic E-state index is 0.276. The number of aromatic nitrogens is 4. The third-order valence-electron chi connectivity index (χ3n) is 3.48. The molecule has 0 aromatic carbocycles. The lowest BCUT2D eigenvalue weighted by Crippen LogP contribution is -2.31. The number of nitrogens with two attached hydrogens (primary N) is 1. The molecule has 1 saturated heterocycles. The zero-order valence-corrected chi connectivity index (χ0v) is 10.6. The van der Waals surface area contributed by atoms with Crippen LogP contribution in [0.25, 0.3) is 11.2 Å². The van der Waals surface area contributed by atoms with E-state index in [4.69, 9.17) is 5.73 Å². The SMILES string of the molecule is CN(C)C1CCN(c2nc(N)nc3nc[nH]c23)C1. The van der Waals surface area contributed by atoms with Crippen LogP contribution in [0.3, 0.4) is 0 Å². The Kier molecular flexibility index (Phi) is 2.55. The molecule has 3 rings (SSSR count). The monoisotopic (exact) mass is 247 g/mol. The summed E-state index contributed by atoms with van der Waals surface area (Å²) >= 11 is 0. The van der Waals surface area contributed by atoms with Crippen molar-refractivity contribution in [3.8, 4) is 0 Å². The second-order valence-electron chi connectivity index (χ2n) is 4.86. The summed E-state index contributed by atoms with van der Waals surface area (Å²) < 4.78 is 0. The number of H-pyrrole nitrogens is 1. The van der Waals surface area contributed by atoms with Crippen LogP contribution < -0.4 is 10.6 Å². The fourth-order valence-electron chi connectivity index (χ4n) is 2.42. The van der Waals surface area contributed by atoms with Gasteiger partial charge in [-0.1, -0.05) is 0 Å². The molecule has 3 heterocycles. The van der Waals surface area contributed by atoms with Crippen LogP contribution in [0.2, 0.25) is 0 Å². The molecule has 1 fully saturated rings. The van der Waals surface area contributed by atoms with Crippen LogP contribution in [-0.4, -0.2) is 58.1 Å². The summed E-state index contributed by atoms with van der Waals surface area (Å²) in [5.74, 6) is 1.14. The molecule has 0 bridgehead atoms. The predicted molar refractivity (Wildman–Crippen MR) is 70.4 cm³/mol. The quantitative estimate of drug-likeness (QED) is 0.781. The number of nitrogen functional groups attached to an aromatic ring is 1. The van der Waals surface area contributed by atoms with Crippen LogP contribution in [-0.2, 0) is 0 Å². The topological polar surface area (TPSA) is 87.0 Å². The summed E-state index contributed by atoms with van der Waals surface area (Å²) in [5.41, 5.74) is 7.23. The van der Waals surface area contributed by atoms with Crippen LogP contribution in [0.1, 0.15) is 6.42 Å². The summed E-state index contributed by atoms with van der Waals surface area (Å²) in [4.78, 5) is 20.2. The molecule has 96 valence electrons. The molecule has 1 unspecified atom stereocenters. The van der Waals surface area contributed by atoms with E-state index in [-0.39, 0.29) is 5.95 Å². The molecular weight excluding hydrogens is 230 g/mol. The van der Waals surface area contributed by atoms with E-state index in [0.29, 0.717) is 11.7 Å². The zero-order chi connectivity index (χ0) is 12.7. The number of nitrogens with zero attached hydrogens (tertiary/aromatic N) is 5. The summed E-state index contributed by atoms with van der Waals surface area (Å²) in [6.07, 6.45) is 2.76. The molecule has 0 saturated carbocycles. The van der Waals surface area contributed by atoms with Crippen molar-refractivity contribution < 1.29 is 0 Å². The number of nitrogens with one attached hydrogen (secondary N) is 1. The maximum Gasteiger partial charge on any atom is 0.224 e. The van der Waals surface area contributed by atoms with Gasteiger partial charge in [0.1, 0.15) is 5.52 Å². The first-order chi connectivity index (χ1) is 8.65. The molecule has 1 atom stereocenters. The number of fused-ring (bicyclic) bond motifs is 1. The van der Waals surface area contributed by atoms with Gasteiger partial charge in [0.05, 0.1) is 6.33 Å². The molecule has 0 amide bonds. The van der Waals surface area contributed by atoms with Gasteiger partial charge in [-0.05, 0) is 20.5 Å². The summed E-state index contributed by atoms with van der Waals surface area (Å²) in [6.45, 7) is 1.94. The van der Waals surface area contributed by atoms with E-state index >= 15 is 0 Å². The van der Waals surface area contributed by atoms with Crippen LogP contribution >= 0.6 is 0 Å². The molecular formula is C11H17N7. The van der Waals surface area contributed by atoms with Gasteiger partial charge in [0, 0.05) is 19.1 Å². The van der Waals surface area contributed by atoms with Gasteiger partial charge >= 0.3 is 0 Å². The zero-order valence-electron chi connectivity index (χ0n) is 10.6. The molecule has 2 aromatic rings. The van der Waals surface area contributed by atoms with E-state index in [9.17, 15) is 0 Å². The van der Waals surface area contributed by atoms with E-state index in [1.54, 1.807) is 6.33 Å². The Morgan fingerprint density at radius 1 is 1.44 bits per heavy atom. The van der Waals surface area contributed by atoms with Crippen molar-refractivity contribution in [2.45, 2.75) is 12.5 Å². The molecule has 7 nitrogen and oxygen atoms in total. The van der Waals surface area contributed by atoms with Crippen molar-refractivity contribution in [3.63, 3.8) is 0 Å². The first-order valence-corrected chi connectivity index (χ1v) is 6.03. The third-order valence-corrected chi connectivity index (χ3v) is 3.48. The van der Waals surface area contributed by atoms with E-state index in [1.165, 1.54) is 0 Å². The Labute approximate surface area is 105 Å². The van der Waals surface area contributed by atoms with Crippen molar-refractivity contribution in [3.05, 3.63) is 6.33 Å². The van der Waals surface area contributed by atoms with Gasteiger partial charge in [-0.2, -0.15) is 9.97 Å². The lowest BCUT2D eigenvalue weighted by atomic mass is 10.2. The van der Waals surface area contributed by atoms with Gasteiger partial charge in [0.2, 0.25) is 5.95 Å². The summed E-state index contributed by atoms with van der Waals surface area (Å²) in [6, 6.07) is 0.555. The lowest BCUT2D eigenvalue weighted by Gasteiger charge is -2.21. The summed E-state index contributed by atoms with van der Waals surface area (Å²) in [7, 11) is 4.21. The van der Waals surface area contributed by atoms with Gasteiger partial charge in [0.15, 0.2) is 11.5 Å². The molecule has 1 aliphatic heterocycles. The number of hydrogen-bond donors (Lipinski definition) is 2. The molecule has 0 aliphatic carbocycles. The Balaban J connectivity index is 1.97. The van der Waals surface area contributed by atoms with Gasteiger partial charge in [0.25, 0.3) is 0 Å². The first kappa shape index (κ1) is 11.2. The fourth-order valence-corrected chi connectivity index (χ4v) is 2.42.